The minimum atomic E-state index is -0.0554. The molecule has 12 rings (SSSR count). The molecule has 10 aromatic carbocycles. The largest absolute Gasteiger partial charge is 0.310 e. The summed E-state index contributed by atoms with van der Waals surface area (Å²) in [6.07, 6.45) is 0. The van der Waals surface area contributed by atoms with Gasteiger partial charge in [0.15, 0.2) is 0 Å². The van der Waals surface area contributed by atoms with Gasteiger partial charge in [-0.05, 0) is 116 Å². The normalized spacial score (nSPS) is 12.6. The third kappa shape index (κ3) is 6.40. The van der Waals surface area contributed by atoms with E-state index in [2.05, 4.69) is 266 Å². The summed E-state index contributed by atoms with van der Waals surface area (Å²) in [5.41, 5.74) is 21.5. The van der Waals surface area contributed by atoms with Gasteiger partial charge in [-0.1, -0.05) is 202 Å². The van der Waals surface area contributed by atoms with Crippen molar-refractivity contribution >= 4 is 38.9 Å². The molecule has 0 unspecified atom stereocenters. The maximum absolute atomic E-state index is 2.49. The van der Waals surface area contributed by atoms with Gasteiger partial charge in [-0.3, -0.25) is 0 Å². The van der Waals surface area contributed by atoms with Crippen LogP contribution in [0.4, 0.5) is 17.1 Å². The molecule has 2 nitrogen and oxygen atoms in total. The number of aromatic nitrogens is 1. The molecule has 1 aliphatic rings. The average Bonchev–Trinajstić information content (AvgIpc) is 3.82. The Labute approximate surface area is 381 Å². The summed E-state index contributed by atoms with van der Waals surface area (Å²) in [5.74, 6) is 0. The molecule has 308 valence electrons. The van der Waals surface area contributed by atoms with E-state index < -0.39 is 0 Å². The van der Waals surface area contributed by atoms with Gasteiger partial charge in [0.25, 0.3) is 0 Å². The van der Waals surface area contributed by atoms with Crippen molar-refractivity contribution in [1.82, 2.24) is 4.57 Å². The molecule has 0 radical (unpaired) electrons. The predicted octanol–water partition coefficient (Wildman–Crippen LogP) is 17.2. The fraction of sp³-hybridized carbons (Fsp3) is 0.0476. The number of hydrogen-bond acceptors (Lipinski definition) is 1. The van der Waals surface area contributed by atoms with Gasteiger partial charge in [-0.25, -0.2) is 0 Å². The van der Waals surface area contributed by atoms with Crippen molar-refractivity contribution in [3.8, 4) is 61.3 Å². The molecule has 2 heteroatoms. The first-order valence-electron chi connectivity index (χ1n) is 22.6. The van der Waals surface area contributed by atoms with Gasteiger partial charge in [0.2, 0.25) is 0 Å². The van der Waals surface area contributed by atoms with Crippen molar-refractivity contribution in [1.29, 1.82) is 0 Å². The van der Waals surface area contributed by atoms with Crippen LogP contribution in [0.5, 0.6) is 0 Å². The molecule has 11 aromatic rings. The number of para-hydroxylation sites is 2. The highest BCUT2D eigenvalue weighted by Crippen LogP contribution is 2.51. The fourth-order valence-corrected chi connectivity index (χ4v) is 10.5. The Morgan fingerprint density at radius 2 is 0.892 bits per heavy atom. The number of nitrogens with zero attached hydrogens (tertiary/aromatic N) is 2. The first-order chi connectivity index (χ1) is 32.0. The molecule has 65 heavy (non-hydrogen) atoms. The standard InChI is InChI=1S/C63H46N2/c1-63(2)57-33-16-14-29-52(57)56-41-46(36-39-58(56)63)45-24-18-27-48(40-45)64(49-37-38-54-53-30-15-17-34-59(53)65(61(54)42-49)47-25-10-5-11-26-47)60-35-19-32-51(44-22-8-4-9-23-44)62(60)55-31-13-12-28-50(55)43-20-6-3-7-21-43/h3-42H,1-2H3. The van der Waals surface area contributed by atoms with E-state index in [1.54, 1.807) is 0 Å². The summed E-state index contributed by atoms with van der Waals surface area (Å²) in [4.78, 5) is 2.49. The second-order valence-electron chi connectivity index (χ2n) is 17.7. The van der Waals surface area contributed by atoms with Crippen LogP contribution >= 0.6 is 0 Å². The number of fused-ring (bicyclic) bond motifs is 6. The predicted molar refractivity (Wildman–Crippen MR) is 275 cm³/mol. The summed E-state index contributed by atoms with van der Waals surface area (Å²) in [6, 6.07) is 89.0. The Hall–Kier alpha value is -8.20. The van der Waals surface area contributed by atoms with Crippen molar-refractivity contribution in [3.05, 3.63) is 254 Å². The topological polar surface area (TPSA) is 8.17 Å². The maximum Gasteiger partial charge on any atom is 0.0561 e. The molecule has 0 saturated carbocycles. The zero-order chi connectivity index (χ0) is 43.5. The summed E-state index contributed by atoms with van der Waals surface area (Å²) in [5, 5.41) is 2.45. The first-order valence-corrected chi connectivity index (χ1v) is 22.6. The van der Waals surface area contributed by atoms with E-state index in [0.29, 0.717) is 0 Å². The summed E-state index contributed by atoms with van der Waals surface area (Å²) >= 11 is 0. The van der Waals surface area contributed by atoms with E-state index in [1.807, 2.05) is 0 Å². The highest BCUT2D eigenvalue weighted by atomic mass is 15.1. The lowest BCUT2D eigenvalue weighted by Gasteiger charge is -2.30. The van der Waals surface area contributed by atoms with E-state index in [-0.39, 0.29) is 5.41 Å². The quantitative estimate of drug-likeness (QED) is 0.148. The molecule has 1 aromatic heterocycles. The number of rotatable bonds is 8. The molecular weight excluding hydrogens is 785 g/mol. The Balaban J connectivity index is 1.14. The molecule has 0 atom stereocenters. The molecule has 0 fully saturated rings. The highest BCUT2D eigenvalue weighted by molar-refractivity contribution is 6.11. The van der Waals surface area contributed by atoms with Crippen molar-refractivity contribution in [2.75, 3.05) is 4.90 Å². The molecular formula is C63H46N2. The second kappa shape index (κ2) is 15.6. The van der Waals surface area contributed by atoms with Gasteiger partial charge in [-0.2, -0.15) is 0 Å². The van der Waals surface area contributed by atoms with Crippen molar-refractivity contribution in [2.24, 2.45) is 0 Å². The average molecular weight is 831 g/mol. The van der Waals surface area contributed by atoms with Crippen LogP contribution in [0.15, 0.2) is 243 Å². The lowest BCUT2D eigenvalue weighted by Crippen LogP contribution is -2.14. The smallest absolute Gasteiger partial charge is 0.0561 e. The van der Waals surface area contributed by atoms with Gasteiger partial charge in [-0.15, -0.1) is 0 Å². The number of benzene rings is 10. The van der Waals surface area contributed by atoms with E-state index >= 15 is 0 Å². The van der Waals surface area contributed by atoms with Gasteiger partial charge in [0, 0.05) is 38.8 Å². The maximum atomic E-state index is 2.49. The molecule has 0 N–H and O–H groups in total. The Morgan fingerprint density at radius 1 is 0.338 bits per heavy atom. The molecule has 0 aliphatic heterocycles. The van der Waals surface area contributed by atoms with Crippen LogP contribution in [-0.4, -0.2) is 4.57 Å². The van der Waals surface area contributed by atoms with E-state index in [4.69, 9.17) is 0 Å². The third-order valence-electron chi connectivity index (χ3n) is 13.6. The Bertz CT molecular complexity index is 3560. The molecule has 1 aliphatic carbocycles. The lowest BCUT2D eigenvalue weighted by atomic mass is 9.82. The van der Waals surface area contributed by atoms with Crippen LogP contribution < -0.4 is 4.90 Å². The van der Waals surface area contributed by atoms with Crippen molar-refractivity contribution < 1.29 is 0 Å². The third-order valence-corrected chi connectivity index (χ3v) is 13.6. The van der Waals surface area contributed by atoms with Crippen LogP contribution in [0.25, 0.3) is 83.1 Å². The van der Waals surface area contributed by atoms with Crippen LogP contribution in [0.3, 0.4) is 0 Å². The zero-order valence-electron chi connectivity index (χ0n) is 36.5. The number of hydrogen-bond donors (Lipinski definition) is 0. The highest BCUT2D eigenvalue weighted by Gasteiger charge is 2.35. The minimum absolute atomic E-state index is 0.0554. The van der Waals surface area contributed by atoms with E-state index in [0.717, 1.165) is 28.3 Å². The molecule has 0 saturated heterocycles. The monoisotopic (exact) mass is 830 g/mol. The first kappa shape index (κ1) is 38.5. The Kier molecular flexibility index (Phi) is 9.21. The zero-order valence-corrected chi connectivity index (χ0v) is 36.5. The molecule has 0 amide bonds. The van der Waals surface area contributed by atoms with Crippen molar-refractivity contribution in [2.45, 2.75) is 19.3 Å². The van der Waals surface area contributed by atoms with Crippen LogP contribution in [0.2, 0.25) is 0 Å². The van der Waals surface area contributed by atoms with Crippen molar-refractivity contribution in [3.63, 3.8) is 0 Å². The van der Waals surface area contributed by atoms with Crippen LogP contribution in [0.1, 0.15) is 25.0 Å². The summed E-state index contributed by atoms with van der Waals surface area (Å²) < 4.78 is 2.42. The van der Waals surface area contributed by atoms with Crippen LogP contribution in [0, 0.1) is 0 Å². The van der Waals surface area contributed by atoms with E-state index in [9.17, 15) is 0 Å². The molecule has 1 heterocycles. The van der Waals surface area contributed by atoms with Gasteiger partial charge in [0.05, 0.1) is 16.7 Å². The Morgan fingerprint density at radius 3 is 1.68 bits per heavy atom. The SMILES string of the molecule is CC1(C)c2ccccc2-c2cc(-c3cccc(N(c4ccc5c6ccccc6n(-c6ccccc6)c5c4)c4cccc(-c5ccccc5)c4-c4ccccc4-c4ccccc4)c3)ccc21. The summed E-state index contributed by atoms with van der Waals surface area (Å²) in [6.45, 7) is 4.70. The van der Waals surface area contributed by atoms with Gasteiger partial charge >= 0.3 is 0 Å². The summed E-state index contributed by atoms with van der Waals surface area (Å²) in [7, 11) is 0. The molecule has 0 spiro atoms. The van der Waals surface area contributed by atoms with E-state index in [1.165, 1.54) is 83.1 Å². The fourth-order valence-electron chi connectivity index (χ4n) is 10.5. The van der Waals surface area contributed by atoms with Crippen LogP contribution in [-0.2, 0) is 5.41 Å². The lowest BCUT2D eigenvalue weighted by molar-refractivity contribution is 0.660. The minimum Gasteiger partial charge on any atom is -0.310 e. The van der Waals surface area contributed by atoms with Gasteiger partial charge in [0.1, 0.15) is 0 Å². The van der Waals surface area contributed by atoms with Gasteiger partial charge < -0.3 is 9.47 Å². The number of anilines is 3. The molecule has 0 bridgehead atoms. The second-order valence-corrected chi connectivity index (χ2v) is 17.7.